The Balaban J connectivity index is 1.06. The van der Waals surface area contributed by atoms with Gasteiger partial charge < -0.3 is 18.9 Å². The lowest BCUT2D eigenvalue weighted by Crippen LogP contribution is -2.24. The number of ether oxygens (including phenoxy) is 4. The molecule has 0 N–H and O–H groups in total. The predicted molar refractivity (Wildman–Crippen MR) is 122 cm³/mol. The third-order valence-corrected chi connectivity index (χ3v) is 6.98. The van der Waals surface area contributed by atoms with Gasteiger partial charge in [0.1, 0.15) is 6.10 Å². The highest BCUT2D eigenvalue weighted by Crippen LogP contribution is 2.32. The van der Waals surface area contributed by atoms with Crippen LogP contribution in [0, 0.1) is 11.8 Å². The quantitative estimate of drug-likeness (QED) is 0.334. The average molecular weight is 492 g/mol. The van der Waals surface area contributed by atoms with Gasteiger partial charge >= 0.3 is 29.8 Å². The molecule has 0 amide bonds. The van der Waals surface area contributed by atoms with E-state index in [9.17, 15) is 24.0 Å². The minimum absolute atomic E-state index is 0.0701. The van der Waals surface area contributed by atoms with Crippen molar-refractivity contribution in [3.05, 3.63) is 69.8 Å². The molecule has 1 atom stereocenters. The molecule has 2 aromatic rings. The van der Waals surface area contributed by atoms with E-state index in [4.69, 9.17) is 14.2 Å². The fourth-order valence-corrected chi connectivity index (χ4v) is 4.83. The summed E-state index contributed by atoms with van der Waals surface area (Å²) < 4.78 is 20.7. The Bertz CT molecular complexity index is 1270. The average Bonchev–Trinajstić information content (AvgIpc) is 3.34. The van der Waals surface area contributed by atoms with Crippen LogP contribution in [0.15, 0.2) is 36.4 Å². The molecule has 2 aromatic carbocycles. The summed E-state index contributed by atoms with van der Waals surface area (Å²) in [5.74, 6) is -2.44. The van der Waals surface area contributed by atoms with Gasteiger partial charge in [0.15, 0.2) is 0 Å². The molecule has 0 saturated heterocycles. The van der Waals surface area contributed by atoms with Crippen LogP contribution in [0.3, 0.4) is 0 Å². The normalized spacial score (nSPS) is 22.4. The molecule has 36 heavy (non-hydrogen) atoms. The van der Waals surface area contributed by atoms with Crippen LogP contribution in [0.1, 0.15) is 96.1 Å². The van der Waals surface area contributed by atoms with Gasteiger partial charge in [-0.1, -0.05) is 0 Å². The van der Waals surface area contributed by atoms with Crippen molar-refractivity contribution in [2.75, 3.05) is 13.2 Å². The van der Waals surface area contributed by atoms with Gasteiger partial charge in [0.05, 0.1) is 41.0 Å². The Morgan fingerprint density at radius 1 is 0.750 bits per heavy atom. The summed E-state index contributed by atoms with van der Waals surface area (Å²) in [7, 11) is 0. The van der Waals surface area contributed by atoms with E-state index >= 15 is 0 Å². The van der Waals surface area contributed by atoms with Gasteiger partial charge in [-0.15, -0.1) is 0 Å². The second kappa shape index (κ2) is 9.56. The zero-order valence-corrected chi connectivity index (χ0v) is 19.6. The van der Waals surface area contributed by atoms with E-state index in [1.807, 2.05) is 0 Å². The fourth-order valence-electron chi connectivity index (χ4n) is 4.83. The second-order valence-electron chi connectivity index (χ2n) is 9.37. The van der Waals surface area contributed by atoms with E-state index in [1.54, 1.807) is 25.1 Å². The third-order valence-electron chi connectivity index (χ3n) is 6.98. The molecule has 186 valence electrons. The minimum Gasteiger partial charge on any atom is -0.462 e. The first-order chi connectivity index (χ1) is 17.3. The van der Waals surface area contributed by atoms with Crippen molar-refractivity contribution in [1.82, 2.24) is 0 Å². The molecule has 5 rings (SSSR count). The van der Waals surface area contributed by atoms with Crippen molar-refractivity contribution in [1.29, 1.82) is 0 Å². The zero-order chi connectivity index (χ0) is 25.4. The second-order valence-corrected chi connectivity index (χ2v) is 9.37. The summed E-state index contributed by atoms with van der Waals surface area (Å²) in [6.07, 6.45) is 2.96. The maximum absolute atomic E-state index is 12.5. The van der Waals surface area contributed by atoms with Crippen LogP contribution in [0.2, 0.25) is 0 Å². The van der Waals surface area contributed by atoms with E-state index < -0.39 is 23.9 Å². The number of fused-ring (bicyclic) bond motifs is 2. The number of cyclic esters (lactones) is 3. The Labute approximate surface area is 206 Å². The molecule has 0 radical (unpaired) electrons. The molecule has 9 heteroatoms. The standard InChI is InChI=1S/C27H24O9/c1-14-21-10-17(6-8-19(21)25(30)35-14)23(28)33-12-15-2-4-16(5-3-15)13-34-24(29)18-7-9-20-22(11-18)27(32)36-26(20)31/h6-11,14-16H,2-5,12-13H2,1H3. The first-order valence-electron chi connectivity index (χ1n) is 11.9. The van der Waals surface area contributed by atoms with Crippen LogP contribution in [-0.2, 0) is 18.9 Å². The number of hydrogen-bond acceptors (Lipinski definition) is 9. The summed E-state index contributed by atoms with van der Waals surface area (Å²) in [5, 5.41) is 0. The van der Waals surface area contributed by atoms with E-state index in [0.717, 1.165) is 25.7 Å². The van der Waals surface area contributed by atoms with Crippen molar-refractivity contribution in [3.8, 4) is 0 Å². The fraction of sp³-hybridized carbons (Fsp3) is 0.370. The summed E-state index contributed by atoms with van der Waals surface area (Å²) >= 11 is 0. The van der Waals surface area contributed by atoms with Gasteiger partial charge in [-0.2, -0.15) is 0 Å². The number of hydrogen-bond donors (Lipinski definition) is 0. The summed E-state index contributed by atoms with van der Waals surface area (Å²) in [6, 6.07) is 8.98. The molecule has 0 bridgehead atoms. The minimum atomic E-state index is -0.765. The molecule has 1 aliphatic carbocycles. The molecule has 1 saturated carbocycles. The van der Waals surface area contributed by atoms with Crippen LogP contribution in [0.25, 0.3) is 0 Å². The summed E-state index contributed by atoms with van der Waals surface area (Å²) in [4.78, 5) is 59.9. The van der Waals surface area contributed by atoms with E-state index in [0.29, 0.717) is 23.3 Å². The van der Waals surface area contributed by atoms with E-state index in [2.05, 4.69) is 4.74 Å². The Kier molecular flexibility index (Phi) is 6.30. The topological polar surface area (TPSA) is 122 Å². The van der Waals surface area contributed by atoms with Gasteiger partial charge in [0.2, 0.25) is 0 Å². The lowest BCUT2D eigenvalue weighted by Gasteiger charge is -2.27. The molecule has 1 unspecified atom stereocenters. The van der Waals surface area contributed by atoms with Gasteiger partial charge in [-0.3, -0.25) is 0 Å². The van der Waals surface area contributed by atoms with E-state index in [1.165, 1.54) is 18.2 Å². The zero-order valence-electron chi connectivity index (χ0n) is 19.6. The van der Waals surface area contributed by atoms with E-state index in [-0.39, 0.29) is 47.2 Å². The highest BCUT2D eigenvalue weighted by Gasteiger charge is 2.31. The van der Waals surface area contributed by atoms with Gasteiger partial charge in [-0.25, -0.2) is 24.0 Å². The highest BCUT2D eigenvalue weighted by molar-refractivity contribution is 6.15. The number of esters is 5. The monoisotopic (exact) mass is 492 g/mol. The Hall–Kier alpha value is -4.01. The van der Waals surface area contributed by atoms with Crippen molar-refractivity contribution in [2.45, 2.75) is 38.7 Å². The Morgan fingerprint density at radius 2 is 1.28 bits per heavy atom. The maximum Gasteiger partial charge on any atom is 0.346 e. The van der Waals surface area contributed by atoms with Crippen LogP contribution in [-0.4, -0.2) is 43.1 Å². The first-order valence-corrected chi connectivity index (χ1v) is 11.9. The SMILES string of the molecule is CC1OC(=O)c2ccc(C(=O)OCC3CCC(COC(=O)c4ccc5c(c4)C(=O)OC5=O)CC3)cc21. The van der Waals surface area contributed by atoms with Crippen molar-refractivity contribution in [2.24, 2.45) is 11.8 Å². The first kappa shape index (κ1) is 23.7. The number of benzene rings is 2. The molecule has 2 heterocycles. The molecule has 1 fully saturated rings. The molecule has 2 aliphatic heterocycles. The lowest BCUT2D eigenvalue weighted by molar-refractivity contribution is 0.0297. The summed E-state index contributed by atoms with van der Waals surface area (Å²) in [6.45, 7) is 2.32. The molecular formula is C27H24O9. The van der Waals surface area contributed by atoms with Crippen molar-refractivity contribution in [3.63, 3.8) is 0 Å². The molecule has 3 aliphatic rings. The lowest BCUT2D eigenvalue weighted by atomic mass is 9.83. The molecule has 9 nitrogen and oxygen atoms in total. The van der Waals surface area contributed by atoms with Crippen LogP contribution >= 0.6 is 0 Å². The number of carbonyl (C=O) groups excluding carboxylic acids is 5. The highest BCUT2D eigenvalue weighted by atomic mass is 16.6. The van der Waals surface area contributed by atoms with Crippen LogP contribution in [0.5, 0.6) is 0 Å². The maximum atomic E-state index is 12.5. The van der Waals surface area contributed by atoms with Crippen molar-refractivity contribution < 1.29 is 42.9 Å². The van der Waals surface area contributed by atoms with Crippen LogP contribution < -0.4 is 0 Å². The Morgan fingerprint density at radius 3 is 1.89 bits per heavy atom. The van der Waals surface area contributed by atoms with Gasteiger partial charge in [0, 0.05) is 5.56 Å². The van der Waals surface area contributed by atoms with Crippen LogP contribution in [0.4, 0.5) is 0 Å². The smallest absolute Gasteiger partial charge is 0.346 e. The van der Waals surface area contributed by atoms with Crippen molar-refractivity contribution >= 4 is 29.8 Å². The van der Waals surface area contributed by atoms with Gasteiger partial charge in [-0.05, 0) is 80.8 Å². The third kappa shape index (κ3) is 4.60. The number of carbonyl (C=O) groups is 5. The predicted octanol–water partition coefficient (Wildman–Crippen LogP) is 4.05. The summed E-state index contributed by atoms with van der Waals surface area (Å²) in [5.41, 5.74) is 1.97. The molecule has 0 spiro atoms. The van der Waals surface area contributed by atoms with Gasteiger partial charge in [0.25, 0.3) is 0 Å². The molecular weight excluding hydrogens is 468 g/mol. The largest absolute Gasteiger partial charge is 0.462 e. The number of rotatable bonds is 6. The molecule has 0 aromatic heterocycles.